The number of nitrogens with zero attached hydrogens (tertiary/aromatic N) is 6. The number of hydrogen-bond donors (Lipinski definition) is 1. The third-order valence-electron chi connectivity index (χ3n) is 7.76. The molecule has 1 aliphatic rings. The van der Waals surface area contributed by atoms with Crippen LogP contribution in [0.2, 0.25) is 0 Å². The predicted octanol–water partition coefficient (Wildman–Crippen LogP) is 5.39. The Hall–Kier alpha value is -4.26. The molecule has 0 radical (unpaired) electrons. The second-order valence-corrected chi connectivity index (χ2v) is 10.1. The van der Waals surface area contributed by atoms with Crippen LogP contribution in [0.15, 0.2) is 73.6 Å². The number of aryl methyl sites for hydroxylation is 1. The molecule has 3 aromatic heterocycles. The summed E-state index contributed by atoms with van der Waals surface area (Å²) in [5, 5.41) is 1.19. The highest BCUT2D eigenvalue weighted by atomic mass is 15.2. The van der Waals surface area contributed by atoms with Crippen molar-refractivity contribution in [2.24, 2.45) is 7.05 Å². The van der Waals surface area contributed by atoms with Crippen molar-refractivity contribution in [2.45, 2.75) is 18.8 Å². The maximum Gasteiger partial charge on any atom is 0.150 e. The lowest BCUT2D eigenvalue weighted by Gasteiger charge is -2.34. The van der Waals surface area contributed by atoms with Crippen LogP contribution < -0.4 is 10.6 Å². The van der Waals surface area contributed by atoms with Gasteiger partial charge >= 0.3 is 0 Å². The van der Waals surface area contributed by atoms with Crippen LogP contribution in [0.25, 0.3) is 33.5 Å². The molecule has 7 nitrogen and oxygen atoms in total. The minimum absolute atomic E-state index is 0.331. The van der Waals surface area contributed by atoms with E-state index in [1.807, 2.05) is 6.20 Å². The molecule has 0 unspecified atom stereocenters. The molecule has 37 heavy (non-hydrogen) atoms. The first-order valence-electron chi connectivity index (χ1n) is 12.8. The number of aromatic nitrogens is 4. The van der Waals surface area contributed by atoms with Crippen molar-refractivity contribution in [1.82, 2.24) is 23.8 Å². The summed E-state index contributed by atoms with van der Waals surface area (Å²) in [5.41, 5.74) is 13.9. The Morgan fingerprint density at radius 1 is 1.05 bits per heavy atom. The van der Waals surface area contributed by atoms with Gasteiger partial charge in [-0.1, -0.05) is 36.9 Å². The van der Waals surface area contributed by atoms with E-state index in [4.69, 9.17) is 10.7 Å². The van der Waals surface area contributed by atoms with E-state index in [0.717, 1.165) is 54.4 Å². The third kappa shape index (κ3) is 3.91. The third-order valence-corrected chi connectivity index (χ3v) is 7.76. The lowest BCUT2D eigenvalue weighted by molar-refractivity contribution is 0.293. The summed E-state index contributed by atoms with van der Waals surface area (Å²) in [5.74, 6) is 1.90. The summed E-state index contributed by atoms with van der Waals surface area (Å²) >= 11 is 0. The van der Waals surface area contributed by atoms with Gasteiger partial charge in [-0.05, 0) is 42.7 Å². The van der Waals surface area contributed by atoms with Gasteiger partial charge in [0.2, 0.25) is 0 Å². The van der Waals surface area contributed by atoms with E-state index >= 15 is 0 Å². The van der Waals surface area contributed by atoms with Crippen LogP contribution in [0.4, 0.5) is 11.5 Å². The van der Waals surface area contributed by atoms with Gasteiger partial charge in [0.25, 0.3) is 0 Å². The van der Waals surface area contributed by atoms with Crippen molar-refractivity contribution in [1.29, 1.82) is 0 Å². The first-order valence-corrected chi connectivity index (χ1v) is 12.8. The van der Waals surface area contributed by atoms with Crippen LogP contribution in [0.1, 0.15) is 30.1 Å². The number of benzene rings is 2. The molecule has 1 fully saturated rings. The van der Waals surface area contributed by atoms with E-state index in [-0.39, 0.29) is 0 Å². The van der Waals surface area contributed by atoms with Crippen molar-refractivity contribution in [3.8, 4) is 11.4 Å². The number of fused-ring (bicyclic) bond motifs is 2. The number of imidazole rings is 1. The van der Waals surface area contributed by atoms with E-state index in [2.05, 4.69) is 106 Å². The summed E-state index contributed by atoms with van der Waals surface area (Å²) in [6.07, 6.45) is 5.78. The van der Waals surface area contributed by atoms with Gasteiger partial charge in [-0.2, -0.15) is 0 Å². The zero-order valence-corrected chi connectivity index (χ0v) is 21.7. The number of hydrogen-bond acceptors (Lipinski definition) is 5. The molecule has 188 valence electrons. The van der Waals surface area contributed by atoms with E-state index < -0.39 is 0 Å². The van der Waals surface area contributed by atoms with Gasteiger partial charge < -0.3 is 20.1 Å². The molecule has 0 bridgehead atoms. The topological polar surface area (TPSA) is 67.6 Å². The van der Waals surface area contributed by atoms with Crippen LogP contribution in [0, 0.1) is 0 Å². The fourth-order valence-corrected chi connectivity index (χ4v) is 5.61. The number of nitrogens with two attached hydrogens (primary N) is 1. The highest BCUT2D eigenvalue weighted by Gasteiger charge is 2.28. The first kappa shape index (κ1) is 23.2. The molecule has 7 heteroatoms. The fourth-order valence-electron chi connectivity index (χ4n) is 5.61. The summed E-state index contributed by atoms with van der Waals surface area (Å²) in [6.45, 7) is 6.31. The van der Waals surface area contributed by atoms with E-state index in [1.54, 1.807) is 6.20 Å². The molecule has 1 saturated heterocycles. The Bertz CT molecular complexity index is 1600. The van der Waals surface area contributed by atoms with Crippen molar-refractivity contribution in [3.05, 3.63) is 85.0 Å². The molecule has 0 amide bonds. The Kier molecular flexibility index (Phi) is 5.63. The lowest BCUT2D eigenvalue weighted by Crippen LogP contribution is -2.32. The van der Waals surface area contributed by atoms with Crippen LogP contribution in [-0.2, 0) is 7.05 Å². The average molecular weight is 492 g/mol. The van der Waals surface area contributed by atoms with Gasteiger partial charge in [-0.15, -0.1) is 0 Å². The largest absolute Gasteiger partial charge is 0.382 e. The minimum Gasteiger partial charge on any atom is -0.382 e. The molecule has 0 aliphatic carbocycles. The number of para-hydroxylation sites is 1. The molecule has 6 rings (SSSR count). The smallest absolute Gasteiger partial charge is 0.150 e. The molecule has 1 aliphatic heterocycles. The van der Waals surface area contributed by atoms with Gasteiger partial charge in [0, 0.05) is 74.8 Å². The summed E-state index contributed by atoms with van der Waals surface area (Å²) in [4.78, 5) is 14.2. The molecule has 0 saturated carbocycles. The van der Waals surface area contributed by atoms with Crippen LogP contribution >= 0.6 is 0 Å². The van der Waals surface area contributed by atoms with Gasteiger partial charge in [0.15, 0.2) is 0 Å². The molecule has 4 heterocycles. The molecule has 2 N–H and O–H groups in total. The maximum absolute atomic E-state index is 6.43. The number of rotatable bonds is 5. The molecular formula is C30H33N7. The minimum atomic E-state index is 0.331. The number of anilines is 2. The number of piperidine rings is 1. The SMILES string of the molecule is C=C(c1ccc(N(C)C)cc1)N1CCC(c2nc(-c3cc4ccccc4n3C)c3c(N)nccn23)CC1. The van der Waals surface area contributed by atoms with E-state index in [0.29, 0.717) is 11.7 Å². The van der Waals surface area contributed by atoms with Gasteiger partial charge in [0.05, 0.1) is 5.69 Å². The highest BCUT2D eigenvalue weighted by molar-refractivity contribution is 5.92. The van der Waals surface area contributed by atoms with E-state index in [1.165, 1.54) is 22.2 Å². The van der Waals surface area contributed by atoms with Crippen molar-refractivity contribution in [2.75, 3.05) is 37.8 Å². The van der Waals surface area contributed by atoms with Crippen molar-refractivity contribution >= 4 is 33.6 Å². The number of likely N-dealkylation sites (tertiary alicyclic amines) is 1. The number of nitrogen functional groups attached to an aromatic ring is 1. The average Bonchev–Trinajstić information content (AvgIpc) is 3.47. The van der Waals surface area contributed by atoms with Gasteiger partial charge in [-0.25, -0.2) is 9.97 Å². The zero-order valence-electron chi connectivity index (χ0n) is 21.7. The Morgan fingerprint density at radius 2 is 1.78 bits per heavy atom. The zero-order chi connectivity index (χ0) is 25.7. The second kappa shape index (κ2) is 9.00. The summed E-state index contributed by atoms with van der Waals surface area (Å²) in [6, 6.07) is 19.2. The lowest BCUT2D eigenvalue weighted by atomic mass is 9.95. The highest BCUT2D eigenvalue weighted by Crippen LogP contribution is 2.37. The molecule has 0 atom stereocenters. The summed E-state index contributed by atoms with van der Waals surface area (Å²) in [7, 11) is 6.20. The maximum atomic E-state index is 6.43. The quantitative estimate of drug-likeness (QED) is 0.357. The Morgan fingerprint density at radius 3 is 2.49 bits per heavy atom. The molecule has 2 aromatic carbocycles. The van der Waals surface area contributed by atoms with Crippen LogP contribution in [-0.4, -0.2) is 51.0 Å². The van der Waals surface area contributed by atoms with Crippen LogP contribution in [0.3, 0.4) is 0 Å². The normalized spacial score (nSPS) is 14.5. The molecule has 0 spiro atoms. The van der Waals surface area contributed by atoms with Gasteiger partial charge in [0.1, 0.15) is 22.9 Å². The van der Waals surface area contributed by atoms with Crippen molar-refractivity contribution in [3.63, 3.8) is 0 Å². The molecule has 5 aromatic rings. The fraction of sp³-hybridized carbons (Fsp3) is 0.267. The Labute approximate surface area is 217 Å². The first-order chi connectivity index (χ1) is 17.9. The monoisotopic (exact) mass is 491 g/mol. The Balaban J connectivity index is 1.29. The van der Waals surface area contributed by atoms with Crippen molar-refractivity contribution < 1.29 is 0 Å². The molecular weight excluding hydrogens is 458 g/mol. The standard InChI is InChI=1S/C30H33N7/c1-20(21-9-11-24(12-10-21)34(2)3)36-16-13-22(14-17-36)30-33-27(28-29(31)32-15-18-37(28)30)26-19-23-7-5-6-8-25(23)35(26)4/h5-12,15,18-19,22H,1,13-14,16-17H2,2-4H3,(H2,31,32). The van der Waals surface area contributed by atoms with Crippen LogP contribution in [0.5, 0.6) is 0 Å². The predicted molar refractivity (Wildman–Crippen MR) is 153 cm³/mol. The van der Waals surface area contributed by atoms with E-state index in [9.17, 15) is 0 Å². The second-order valence-electron chi connectivity index (χ2n) is 10.1. The summed E-state index contributed by atoms with van der Waals surface area (Å²) < 4.78 is 4.35. The van der Waals surface area contributed by atoms with Gasteiger partial charge in [-0.3, -0.25) is 4.40 Å².